The van der Waals surface area contributed by atoms with Crippen molar-refractivity contribution in [2.24, 2.45) is 0 Å². The Morgan fingerprint density at radius 2 is 2.17 bits per heavy atom. The lowest BCUT2D eigenvalue weighted by atomic mass is 10.0. The average Bonchev–Trinajstić information content (AvgIpc) is 2.37. The number of nitrogens with zero attached hydrogens (tertiary/aromatic N) is 1. The summed E-state index contributed by atoms with van der Waals surface area (Å²) in [6.07, 6.45) is 0.349. The topological polar surface area (TPSA) is 59.3 Å². The van der Waals surface area contributed by atoms with Crippen molar-refractivity contribution in [1.82, 2.24) is 0 Å². The van der Waals surface area contributed by atoms with Crippen molar-refractivity contribution >= 4 is 5.97 Å². The van der Waals surface area contributed by atoms with Gasteiger partial charge in [0.05, 0.1) is 18.7 Å². The summed E-state index contributed by atoms with van der Waals surface area (Å²) in [5.41, 5.74) is 0.373. The number of benzene rings is 1. The third-order valence-electron chi connectivity index (χ3n) is 2.29. The van der Waals surface area contributed by atoms with E-state index >= 15 is 0 Å². The highest BCUT2D eigenvalue weighted by Gasteiger charge is 2.20. The molecule has 0 aromatic heterocycles. The zero-order chi connectivity index (χ0) is 13.7. The van der Waals surface area contributed by atoms with Gasteiger partial charge in [-0.3, -0.25) is 0 Å². The van der Waals surface area contributed by atoms with Crippen LogP contribution in [0.15, 0.2) is 12.1 Å². The lowest BCUT2D eigenvalue weighted by molar-refractivity contribution is -0.0509. The summed E-state index contributed by atoms with van der Waals surface area (Å²) in [5, 5.41) is 8.82. The fourth-order valence-corrected chi connectivity index (χ4v) is 1.51. The molecule has 4 nitrogen and oxygen atoms in total. The first kappa shape index (κ1) is 13.9. The van der Waals surface area contributed by atoms with Gasteiger partial charge in [-0.25, -0.2) is 4.79 Å². The number of aryl methyl sites for hydroxylation is 1. The number of esters is 1. The standard InChI is InChI=1S/C12H11F2NO3/c1-3-8-4-7(6-15)5-9(11(16)17-2)10(8)18-12(13)14/h4-5,12H,3H2,1-2H3. The normalized spacial score (nSPS) is 10.0. The maximum Gasteiger partial charge on any atom is 0.387 e. The molecule has 1 aromatic carbocycles. The van der Waals surface area contributed by atoms with Crippen molar-refractivity contribution in [2.75, 3.05) is 7.11 Å². The summed E-state index contributed by atoms with van der Waals surface area (Å²) < 4.78 is 33.5. The van der Waals surface area contributed by atoms with Crippen LogP contribution < -0.4 is 4.74 Å². The highest BCUT2D eigenvalue weighted by Crippen LogP contribution is 2.28. The Morgan fingerprint density at radius 3 is 2.61 bits per heavy atom. The van der Waals surface area contributed by atoms with Gasteiger partial charge in [-0.1, -0.05) is 6.92 Å². The molecule has 0 aliphatic carbocycles. The van der Waals surface area contributed by atoms with Crippen molar-refractivity contribution in [3.8, 4) is 11.8 Å². The monoisotopic (exact) mass is 255 g/mol. The Bertz CT molecular complexity index is 495. The van der Waals surface area contributed by atoms with E-state index in [2.05, 4.69) is 9.47 Å². The molecule has 6 heteroatoms. The van der Waals surface area contributed by atoms with E-state index in [0.717, 1.165) is 7.11 Å². The number of halogens is 2. The second-order valence-corrected chi connectivity index (χ2v) is 3.35. The lowest BCUT2D eigenvalue weighted by Crippen LogP contribution is -2.11. The van der Waals surface area contributed by atoms with Gasteiger partial charge in [0.1, 0.15) is 11.3 Å². The van der Waals surface area contributed by atoms with E-state index in [9.17, 15) is 13.6 Å². The largest absolute Gasteiger partial charge is 0.465 e. The van der Waals surface area contributed by atoms with E-state index in [4.69, 9.17) is 5.26 Å². The first-order valence-corrected chi connectivity index (χ1v) is 5.13. The number of hydrogen-bond donors (Lipinski definition) is 0. The molecule has 18 heavy (non-hydrogen) atoms. The highest BCUT2D eigenvalue weighted by molar-refractivity contribution is 5.93. The van der Waals surface area contributed by atoms with Crippen LogP contribution >= 0.6 is 0 Å². The number of ether oxygens (including phenoxy) is 2. The molecule has 0 aliphatic rings. The van der Waals surface area contributed by atoms with Crippen molar-refractivity contribution in [1.29, 1.82) is 5.26 Å². The average molecular weight is 255 g/mol. The molecule has 0 saturated carbocycles. The molecular formula is C12H11F2NO3. The molecule has 0 N–H and O–H groups in total. The number of rotatable bonds is 4. The lowest BCUT2D eigenvalue weighted by Gasteiger charge is -2.13. The van der Waals surface area contributed by atoms with Gasteiger partial charge >= 0.3 is 12.6 Å². The number of alkyl halides is 2. The van der Waals surface area contributed by atoms with Crippen LogP contribution in [0.1, 0.15) is 28.4 Å². The molecule has 1 rings (SSSR count). The zero-order valence-corrected chi connectivity index (χ0v) is 9.87. The predicted molar refractivity (Wildman–Crippen MR) is 58.5 cm³/mol. The maximum atomic E-state index is 12.3. The summed E-state index contributed by atoms with van der Waals surface area (Å²) in [5.74, 6) is -1.06. The minimum Gasteiger partial charge on any atom is -0.465 e. The molecule has 0 amide bonds. The Labute approximate surface area is 103 Å². The molecule has 0 atom stereocenters. The second-order valence-electron chi connectivity index (χ2n) is 3.35. The number of nitriles is 1. The summed E-state index contributed by atoms with van der Waals surface area (Å²) in [4.78, 5) is 11.5. The predicted octanol–water partition coefficient (Wildman–Crippen LogP) is 2.51. The number of methoxy groups -OCH3 is 1. The minimum absolute atomic E-state index is 0.172. The van der Waals surface area contributed by atoms with Crippen LogP contribution in [0, 0.1) is 11.3 Å². The highest BCUT2D eigenvalue weighted by atomic mass is 19.3. The third kappa shape index (κ3) is 2.94. The Hall–Kier alpha value is -2.16. The molecule has 0 fully saturated rings. The van der Waals surface area contributed by atoms with Gasteiger partial charge in [-0.05, 0) is 24.1 Å². The molecule has 0 aliphatic heterocycles. The minimum atomic E-state index is -3.05. The summed E-state index contributed by atoms with van der Waals surface area (Å²) in [7, 11) is 1.12. The van der Waals surface area contributed by atoms with Gasteiger partial charge in [0.15, 0.2) is 0 Å². The van der Waals surface area contributed by atoms with E-state index in [1.54, 1.807) is 6.92 Å². The van der Waals surface area contributed by atoms with E-state index in [1.807, 2.05) is 6.07 Å². The van der Waals surface area contributed by atoms with E-state index in [1.165, 1.54) is 12.1 Å². The van der Waals surface area contributed by atoms with Gasteiger partial charge in [0.25, 0.3) is 0 Å². The van der Waals surface area contributed by atoms with E-state index < -0.39 is 12.6 Å². The molecule has 0 radical (unpaired) electrons. The first-order chi connectivity index (χ1) is 8.53. The molecule has 0 heterocycles. The molecule has 0 spiro atoms. The van der Waals surface area contributed by atoms with Crippen LogP contribution in [0.5, 0.6) is 5.75 Å². The van der Waals surface area contributed by atoms with E-state index in [0.29, 0.717) is 12.0 Å². The number of carbonyl (C=O) groups is 1. The van der Waals surface area contributed by atoms with Crippen LogP contribution in [0.3, 0.4) is 0 Å². The summed E-state index contributed by atoms with van der Waals surface area (Å²) in [6, 6.07) is 4.43. The van der Waals surface area contributed by atoms with Crippen LogP contribution in [-0.4, -0.2) is 19.7 Å². The van der Waals surface area contributed by atoms with Crippen LogP contribution in [0.4, 0.5) is 8.78 Å². The first-order valence-electron chi connectivity index (χ1n) is 5.13. The van der Waals surface area contributed by atoms with Gasteiger partial charge in [-0.2, -0.15) is 14.0 Å². The van der Waals surface area contributed by atoms with Crippen LogP contribution in [-0.2, 0) is 11.2 Å². The van der Waals surface area contributed by atoms with E-state index in [-0.39, 0.29) is 16.9 Å². The molecule has 96 valence electrons. The van der Waals surface area contributed by atoms with Gasteiger partial charge in [0.2, 0.25) is 0 Å². The quantitative estimate of drug-likeness (QED) is 0.775. The number of carbonyl (C=O) groups excluding carboxylic acids is 1. The number of hydrogen-bond acceptors (Lipinski definition) is 4. The van der Waals surface area contributed by atoms with Crippen LogP contribution in [0.25, 0.3) is 0 Å². The second kappa shape index (κ2) is 5.96. The molecule has 1 aromatic rings. The Balaban J connectivity index is 3.42. The summed E-state index contributed by atoms with van der Waals surface area (Å²) >= 11 is 0. The van der Waals surface area contributed by atoms with Crippen LogP contribution in [0.2, 0.25) is 0 Å². The van der Waals surface area contributed by atoms with Crippen molar-refractivity contribution in [3.05, 3.63) is 28.8 Å². The maximum absolute atomic E-state index is 12.3. The van der Waals surface area contributed by atoms with Gasteiger partial charge in [-0.15, -0.1) is 0 Å². The Morgan fingerprint density at radius 1 is 1.50 bits per heavy atom. The molecule has 0 saturated heterocycles. The van der Waals surface area contributed by atoms with Crippen molar-refractivity contribution < 1.29 is 23.0 Å². The van der Waals surface area contributed by atoms with Gasteiger partial charge in [0, 0.05) is 0 Å². The smallest absolute Gasteiger partial charge is 0.387 e. The van der Waals surface area contributed by atoms with Crippen molar-refractivity contribution in [3.63, 3.8) is 0 Å². The van der Waals surface area contributed by atoms with Gasteiger partial charge < -0.3 is 9.47 Å². The fraction of sp³-hybridized carbons (Fsp3) is 0.333. The summed E-state index contributed by atoms with van der Waals surface area (Å²) in [6.45, 7) is -1.35. The molecule has 0 bridgehead atoms. The molecular weight excluding hydrogens is 244 g/mol. The zero-order valence-electron chi connectivity index (χ0n) is 9.87. The Kier molecular flexibility index (Phi) is 4.60. The van der Waals surface area contributed by atoms with Crippen molar-refractivity contribution in [2.45, 2.75) is 20.0 Å². The third-order valence-corrected chi connectivity index (χ3v) is 2.29. The SMILES string of the molecule is CCc1cc(C#N)cc(C(=O)OC)c1OC(F)F. The fourth-order valence-electron chi connectivity index (χ4n) is 1.51. The molecule has 0 unspecified atom stereocenters.